The van der Waals surface area contributed by atoms with Gasteiger partial charge in [0.25, 0.3) is 0 Å². The zero-order valence-corrected chi connectivity index (χ0v) is 15.8. The maximum Gasteiger partial charge on any atom is 0.241 e. The lowest BCUT2D eigenvalue weighted by Crippen LogP contribution is -2.32. The summed E-state index contributed by atoms with van der Waals surface area (Å²) in [6.07, 6.45) is 0.111. The van der Waals surface area contributed by atoms with Gasteiger partial charge in [0.05, 0.1) is 4.90 Å². The van der Waals surface area contributed by atoms with Crippen LogP contribution in [-0.2, 0) is 14.8 Å². The predicted octanol–water partition coefficient (Wildman–Crippen LogP) is 2.65. The Kier molecular flexibility index (Phi) is 7.32. The molecular weight excluding hydrogens is 424 g/mol. The van der Waals surface area contributed by atoms with E-state index in [9.17, 15) is 13.2 Å². The lowest BCUT2D eigenvalue weighted by molar-refractivity contribution is -0.121. The van der Waals surface area contributed by atoms with Crippen molar-refractivity contribution in [1.82, 2.24) is 10.0 Å². The van der Waals surface area contributed by atoms with Crippen molar-refractivity contribution >= 4 is 47.8 Å². The summed E-state index contributed by atoms with van der Waals surface area (Å²) >= 11 is 6.48. The average molecular weight is 442 g/mol. The molecule has 5 nitrogen and oxygen atoms in total. The zero-order valence-electron chi connectivity index (χ0n) is 11.8. The molecule has 1 amide bonds. The Hall–Kier alpha value is -0.440. The summed E-state index contributed by atoms with van der Waals surface area (Å²) in [6, 6.07) is 4.80. The summed E-state index contributed by atoms with van der Waals surface area (Å²) < 4.78 is 27.9. The second-order valence-corrected chi connectivity index (χ2v) is 8.43. The summed E-state index contributed by atoms with van der Waals surface area (Å²) in [6.45, 7) is 4.64. The molecule has 0 saturated heterocycles. The Morgan fingerprint density at radius 3 is 2.52 bits per heavy atom. The molecule has 1 aromatic rings. The Morgan fingerprint density at radius 1 is 1.29 bits per heavy atom. The van der Waals surface area contributed by atoms with E-state index in [1.54, 1.807) is 12.1 Å². The fourth-order valence-corrected chi connectivity index (χ4v) is 4.25. The van der Waals surface area contributed by atoms with Crippen LogP contribution in [0.15, 0.2) is 32.0 Å². The molecule has 0 saturated carbocycles. The highest BCUT2D eigenvalue weighted by Gasteiger charge is 2.17. The van der Waals surface area contributed by atoms with E-state index < -0.39 is 10.0 Å². The van der Waals surface area contributed by atoms with E-state index in [0.717, 1.165) is 4.47 Å². The van der Waals surface area contributed by atoms with E-state index in [4.69, 9.17) is 0 Å². The molecule has 0 spiro atoms. The molecular formula is C13H18Br2N2O3S. The molecule has 0 unspecified atom stereocenters. The second-order valence-electron chi connectivity index (χ2n) is 4.92. The molecule has 2 N–H and O–H groups in total. The number of carbonyl (C=O) groups is 1. The van der Waals surface area contributed by atoms with Gasteiger partial charge in [0.1, 0.15) is 0 Å². The Labute approximate surface area is 142 Å². The quantitative estimate of drug-likeness (QED) is 0.682. The van der Waals surface area contributed by atoms with Crippen molar-refractivity contribution in [3.8, 4) is 0 Å². The first kappa shape index (κ1) is 18.6. The minimum absolute atomic E-state index is 0.0643. The van der Waals surface area contributed by atoms with Crippen LogP contribution in [0, 0.1) is 5.92 Å². The summed E-state index contributed by atoms with van der Waals surface area (Å²) in [5, 5.41) is 2.74. The van der Waals surface area contributed by atoms with Crippen molar-refractivity contribution in [2.45, 2.75) is 25.2 Å². The molecule has 0 bridgehead atoms. The van der Waals surface area contributed by atoms with Crippen LogP contribution < -0.4 is 10.0 Å². The first-order valence-corrected chi connectivity index (χ1v) is 9.50. The molecule has 0 radical (unpaired) electrons. The summed E-state index contributed by atoms with van der Waals surface area (Å²) in [5.41, 5.74) is 0. The van der Waals surface area contributed by atoms with Gasteiger partial charge >= 0.3 is 0 Å². The topological polar surface area (TPSA) is 75.3 Å². The highest BCUT2D eigenvalue weighted by molar-refractivity contribution is 9.11. The fraction of sp³-hybridized carbons (Fsp3) is 0.462. The fourth-order valence-electron chi connectivity index (χ4n) is 1.48. The second kappa shape index (κ2) is 8.26. The number of rotatable bonds is 7. The van der Waals surface area contributed by atoms with Crippen molar-refractivity contribution in [2.75, 3.05) is 13.1 Å². The van der Waals surface area contributed by atoms with Crippen LogP contribution in [0.3, 0.4) is 0 Å². The van der Waals surface area contributed by atoms with Crippen LogP contribution in [-0.4, -0.2) is 27.4 Å². The van der Waals surface area contributed by atoms with Gasteiger partial charge in [-0.25, -0.2) is 13.1 Å². The van der Waals surface area contributed by atoms with Gasteiger partial charge in [-0.15, -0.1) is 0 Å². The lowest BCUT2D eigenvalue weighted by atomic mass is 10.2. The average Bonchev–Trinajstić information content (AvgIpc) is 2.35. The van der Waals surface area contributed by atoms with Crippen LogP contribution >= 0.6 is 31.9 Å². The predicted molar refractivity (Wildman–Crippen MR) is 89.5 cm³/mol. The van der Waals surface area contributed by atoms with Gasteiger partial charge in [-0.1, -0.05) is 29.8 Å². The van der Waals surface area contributed by atoms with Gasteiger partial charge in [0.2, 0.25) is 15.9 Å². The number of nitrogens with one attached hydrogen (secondary N) is 2. The maximum absolute atomic E-state index is 12.1. The molecule has 0 atom stereocenters. The van der Waals surface area contributed by atoms with E-state index >= 15 is 0 Å². The van der Waals surface area contributed by atoms with E-state index in [2.05, 4.69) is 41.9 Å². The first-order chi connectivity index (χ1) is 9.72. The van der Waals surface area contributed by atoms with Crippen molar-refractivity contribution in [3.05, 3.63) is 27.1 Å². The number of carbonyl (C=O) groups excluding carboxylic acids is 1. The molecule has 1 rings (SSSR count). The molecule has 0 heterocycles. The molecule has 0 fully saturated rings. The number of hydrogen-bond acceptors (Lipinski definition) is 3. The number of halogens is 2. The summed E-state index contributed by atoms with van der Waals surface area (Å²) in [5.74, 6) is 0.200. The van der Waals surface area contributed by atoms with Gasteiger partial charge in [0, 0.05) is 28.5 Å². The minimum atomic E-state index is -3.63. The number of sulfonamides is 1. The molecule has 0 aliphatic carbocycles. The minimum Gasteiger partial charge on any atom is -0.356 e. The molecule has 0 aliphatic heterocycles. The van der Waals surface area contributed by atoms with Crippen LogP contribution in [0.5, 0.6) is 0 Å². The van der Waals surface area contributed by atoms with Gasteiger partial charge in [-0.3, -0.25) is 4.79 Å². The van der Waals surface area contributed by atoms with Crippen molar-refractivity contribution in [2.24, 2.45) is 5.92 Å². The monoisotopic (exact) mass is 440 g/mol. The third kappa shape index (κ3) is 6.46. The summed E-state index contributed by atoms with van der Waals surface area (Å²) in [4.78, 5) is 11.7. The highest BCUT2D eigenvalue weighted by atomic mass is 79.9. The van der Waals surface area contributed by atoms with E-state index in [1.807, 2.05) is 13.8 Å². The number of hydrogen-bond donors (Lipinski definition) is 2. The number of benzene rings is 1. The van der Waals surface area contributed by atoms with Gasteiger partial charge < -0.3 is 5.32 Å². The first-order valence-electron chi connectivity index (χ1n) is 6.44. The third-order valence-electron chi connectivity index (χ3n) is 2.54. The lowest BCUT2D eigenvalue weighted by Gasteiger charge is -2.10. The molecule has 118 valence electrons. The largest absolute Gasteiger partial charge is 0.356 e. The van der Waals surface area contributed by atoms with Crippen LogP contribution in [0.25, 0.3) is 0 Å². The van der Waals surface area contributed by atoms with Gasteiger partial charge in [-0.05, 0) is 40.0 Å². The normalized spacial score (nSPS) is 11.7. The standard InChI is InChI=1S/C13H18Br2N2O3S/c1-9(2)8-16-13(18)5-6-17-21(19,20)12-4-3-10(14)7-11(12)15/h3-4,7,9,17H,5-6,8H2,1-2H3,(H,16,18). The summed E-state index contributed by atoms with van der Waals surface area (Å²) in [7, 11) is -3.63. The maximum atomic E-state index is 12.1. The van der Waals surface area contributed by atoms with E-state index in [1.165, 1.54) is 6.07 Å². The Morgan fingerprint density at radius 2 is 1.95 bits per heavy atom. The van der Waals surface area contributed by atoms with Crippen LogP contribution in [0.2, 0.25) is 0 Å². The SMILES string of the molecule is CC(C)CNC(=O)CCNS(=O)(=O)c1ccc(Br)cc1Br. The molecule has 1 aromatic carbocycles. The van der Waals surface area contributed by atoms with Crippen molar-refractivity contribution < 1.29 is 13.2 Å². The van der Waals surface area contributed by atoms with Crippen molar-refractivity contribution in [3.63, 3.8) is 0 Å². The molecule has 0 aromatic heterocycles. The van der Waals surface area contributed by atoms with Crippen LogP contribution in [0.1, 0.15) is 20.3 Å². The Bertz CT molecular complexity index is 603. The highest BCUT2D eigenvalue weighted by Crippen LogP contribution is 2.25. The van der Waals surface area contributed by atoms with E-state index in [0.29, 0.717) is 16.9 Å². The molecule has 0 aliphatic rings. The Balaban J connectivity index is 2.56. The third-order valence-corrected chi connectivity index (χ3v) is 5.47. The number of amides is 1. The van der Waals surface area contributed by atoms with Gasteiger partial charge in [0.15, 0.2) is 0 Å². The smallest absolute Gasteiger partial charge is 0.241 e. The van der Waals surface area contributed by atoms with E-state index in [-0.39, 0.29) is 23.8 Å². The van der Waals surface area contributed by atoms with Crippen molar-refractivity contribution in [1.29, 1.82) is 0 Å². The van der Waals surface area contributed by atoms with Crippen LogP contribution in [0.4, 0.5) is 0 Å². The molecule has 21 heavy (non-hydrogen) atoms. The molecule has 8 heteroatoms. The zero-order chi connectivity index (χ0) is 16.0. The van der Waals surface area contributed by atoms with Gasteiger partial charge in [-0.2, -0.15) is 0 Å².